The van der Waals surface area contributed by atoms with Gasteiger partial charge in [-0.25, -0.2) is 0 Å². The topological polar surface area (TPSA) is 38.5 Å². The molecule has 0 radical (unpaired) electrons. The third-order valence-electron chi connectivity index (χ3n) is 2.15. The second-order valence-corrected chi connectivity index (χ2v) is 3.23. The quantitative estimate of drug-likeness (QED) is 0.674. The first-order valence-corrected chi connectivity index (χ1v) is 4.27. The molecule has 0 aliphatic carbocycles. The zero-order valence-corrected chi connectivity index (χ0v) is 6.94. The molecule has 1 saturated heterocycles. The van der Waals surface area contributed by atoms with E-state index in [9.17, 15) is 0 Å². The molecule has 1 aliphatic heterocycles. The fraction of sp³-hybridized carbons (Fsp3) is 0.400. The number of rotatable bonds is 3. The molecule has 2 atom stereocenters. The maximum atomic E-state index is 5.89. The third-order valence-corrected chi connectivity index (χ3v) is 2.15. The first-order valence-electron chi connectivity index (χ1n) is 4.27. The second kappa shape index (κ2) is 3.25. The summed E-state index contributed by atoms with van der Waals surface area (Å²) in [5.41, 5.74) is 7.18. The smallest absolute Gasteiger partial charge is 0.0963 e. The summed E-state index contributed by atoms with van der Waals surface area (Å²) >= 11 is 0. The van der Waals surface area contributed by atoms with Crippen molar-refractivity contribution in [2.45, 2.75) is 18.6 Å². The van der Waals surface area contributed by atoms with E-state index in [0.717, 1.165) is 13.0 Å². The van der Waals surface area contributed by atoms with E-state index in [0.29, 0.717) is 6.10 Å². The highest BCUT2D eigenvalue weighted by Crippen LogP contribution is 2.15. The van der Waals surface area contributed by atoms with Crippen molar-refractivity contribution in [1.82, 2.24) is 0 Å². The van der Waals surface area contributed by atoms with E-state index in [4.69, 9.17) is 10.5 Å². The molecule has 1 aromatic carbocycles. The van der Waals surface area contributed by atoms with Crippen molar-refractivity contribution in [3.05, 3.63) is 35.9 Å². The van der Waals surface area contributed by atoms with E-state index in [1.165, 1.54) is 5.56 Å². The lowest BCUT2D eigenvalue weighted by atomic mass is 10.0. The van der Waals surface area contributed by atoms with Crippen molar-refractivity contribution in [2.75, 3.05) is 6.61 Å². The fourth-order valence-electron chi connectivity index (χ4n) is 1.32. The zero-order valence-electron chi connectivity index (χ0n) is 6.94. The molecule has 2 nitrogen and oxygen atoms in total. The van der Waals surface area contributed by atoms with Gasteiger partial charge < -0.3 is 10.5 Å². The molecule has 2 heteroatoms. The van der Waals surface area contributed by atoms with E-state index in [1.807, 2.05) is 18.2 Å². The van der Waals surface area contributed by atoms with Crippen LogP contribution in [0.5, 0.6) is 0 Å². The Morgan fingerprint density at radius 1 is 1.42 bits per heavy atom. The molecule has 2 N–H and O–H groups in total. The highest BCUT2D eigenvalue weighted by Gasteiger charge is 2.29. The van der Waals surface area contributed by atoms with Gasteiger partial charge in [-0.15, -0.1) is 0 Å². The maximum Gasteiger partial charge on any atom is 0.0963 e. The summed E-state index contributed by atoms with van der Waals surface area (Å²) in [5.74, 6) is 0. The largest absolute Gasteiger partial charge is 0.371 e. The van der Waals surface area contributed by atoms with E-state index in [1.54, 1.807) is 0 Å². The summed E-state index contributed by atoms with van der Waals surface area (Å²) in [6.07, 6.45) is 1.23. The van der Waals surface area contributed by atoms with E-state index < -0.39 is 0 Å². The van der Waals surface area contributed by atoms with E-state index >= 15 is 0 Å². The Balaban J connectivity index is 1.94. The Morgan fingerprint density at radius 2 is 2.08 bits per heavy atom. The second-order valence-electron chi connectivity index (χ2n) is 3.23. The molecule has 0 saturated carbocycles. The Hall–Kier alpha value is -0.860. The predicted octanol–water partition coefficient (Wildman–Crippen LogP) is 0.955. The van der Waals surface area contributed by atoms with Crippen molar-refractivity contribution >= 4 is 0 Å². The van der Waals surface area contributed by atoms with Gasteiger partial charge in [0.2, 0.25) is 0 Å². The molecule has 0 bridgehead atoms. The van der Waals surface area contributed by atoms with Gasteiger partial charge in [0, 0.05) is 6.04 Å². The standard InChI is InChI=1S/C10H13NO/c11-9(10-7-12-10)6-8-4-2-1-3-5-8/h1-5,9-10H,6-7,11H2/t9?,10-/m1/s1. The van der Waals surface area contributed by atoms with Crippen molar-refractivity contribution in [2.24, 2.45) is 5.73 Å². The average Bonchev–Trinajstić information content (AvgIpc) is 2.88. The zero-order chi connectivity index (χ0) is 8.39. The molecule has 1 unspecified atom stereocenters. The van der Waals surface area contributed by atoms with E-state index in [2.05, 4.69) is 12.1 Å². The number of benzene rings is 1. The summed E-state index contributed by atoms with van der Waals surface area (Å²) in [6, 6.07) is 10.5. The van der Waals surface area contributed by atoms with Crippen molar-refractivity contribution in [3.8, 4) is 0 Å². The number of epoxide rings is 1. The van der Waals surface area contributed by atoms with Crippen LogP contribution in [0.15, 0.2) is 30.3 Å². The summed E-state index contributed by atoms with van der Waals surface area (Å²) in [6.45, 7) is 0.841. The summed E-state index contributed by atoms with van der Waals surface area (Å²) in [7, 11) is 0. The van der Waals surface area contributed by atoms with Gasteiger partial charge in [0.25, 0.3) is 0 Å². The molecule has 2 rings (SSSR count). The Bertz CT molecular complexity index is 243. The Labute approximate surface area is 72.3 Å². The van der Waals surface area contributed by atoms with Gasteiger partial charge >= 0.3 is 0 Å². The molecular formula is C10H13NO. The highest BCUT2D eigenvalue weighted by molar-refractivity contribution is 5.16. The van der Waals surface area contributed by atoms with Crippen molar-refractivity contribution < 1.29 is 4.74 Å². The van der Waals surface area contributed by atoms with Crippen LogP contribution in [0.3, 0.4) is 0 Å². The van der Waals surface area contributed by atoms with Crippen LogP contribution >= 0.6 is 0 Å². The minimum absolute atomic E-state index is 0.174. The Kier molecular flexibility index (Phi) is 2.11. The first kappa shape index (κ1) is 7.77. The van der Waals surface area contributed by atoms with Crippen LogP contribution in [0.1, 0.15) is 5.56 Å². The molecular weight excluding hydrogens is 150 g/mol. The van der Waals surface area contributed by atoms with Gasteiger partial charge in [0.1, 0.15) is 0 Å². The molecule has 1 heterocycles. The molecule has 0 aromatic heterocycles. The number of hydrogen-bond donors (Lipinski definition) is 1. The Morgan fingerprint density at radius 3 is 2.67 bits per heavy atom. The number of ether oxygens (including phenoxy) is 1. The highest BCUT2D eigenvalue weighted by atomic mass is 16.6. The average molecular weight is 163 g/mol. The van der Waals surface area contributed by atoms with Gasteiger partial charge in [-0.05, 0) is 12.0 Å². The number of nitrogens with two attached hydrogens (primary N) is 1. The third kappa shape index (κ3) is 1.84. The summed E-state index contributed by atoms with van der Waals surface area (Å²) < 4.78 is 5.12. The van der Waals surface area contributed by atoms with Crippen LogP contribution in [-0.4, -0.2) is 18.8 Å². The van der Waals surface area contributed by atoms with Gasteiger partial charge in [-0.2, -0.15) is 0 Å². The van der Waals surface area contributed by atoms with Crippen LogP contribution in [0.2, 0.25) is 0 Å². The fourth-order valence-corrected chi connectivity index (χ4v) is 1.32. The summed E-state index contributed by atoms with van der Waals surface area (Å²) in [4.78, 5) is 0. The molecule has 64 valence electrons. The lowest BCUT2D eigenvalue weighted by Gasteiger charge is -2.07. The molecule has 12 heavy (non-hydrogen) atoms. The normalized spacial score (nSPS) is 23.6. The molecule has 0 amide bonds. The number of hydrogen-bond acceptors (Lipinski definition) is 2. The van der Waals surface area contributed by atoms with Crippen LogP contribution in [0, 0.1) is 0 Å². The van der Waals surface area contributed by atoms with Gasteiger partial charge in [0.15, 0.2) is 0 Å². The predicted molar refractivity (Wildman–Crippen MR) is 47.9 cm³/mol. The molecule has 1 aliphatic rings. The minimum Gasteiger partial charge on any atom is -0.371 e. The van der Waals surface area contributed by atoms with Crippen LogP contribution in [0.25, 0.3) is 0 Å². The van der Waals surface area contributed by atoms with Gasteiger partial charge in [0.05, 0.1) is 12.7 Å². The lowest BCUT2D eigenvalue weighted by Crippen LogP contribution is -2.28. The van der Waals surface area contributed by atoms with Gasteiger partial charge in [-0.1, -0.05) is 30.3 Å². The monoisotopic (exact) mass is 163 g/mol. The van der Waals surface area contributed by atoms with Crippen LogP contribution in [0.4, 0.5) is 0 Å². The minimum atomic E-state index is 0.174. The van der Waals surface area contributed by atoms with E-state index in [-0.39, 0.29) is 6.04 Å². The molecule has 0 spiro atoms. The maximum absolute atomic E-state index is 5.89. The first-order chi connectivity index (χ1) is 5.86. The van der Waals surface area contributed by atoms with Crippen molar-refractivity contribution in [1.29, 1.82) is 0 Å². The van der Waals surface area contributed by atoms with Crippen LogP contribution in [-0.2, 0) is 11.2 Å². The SMILES string of the molecule is NC(Cc1ccccc1)[C@H]1CO1. The van der Waals surface area contributed by atoms with Crippen molar-refractivity contribution in [3.63, 3.8) is 0 Å². The molecule has 1 aromatic rings. The van der Waals surface area contributed by atoms with Gasteiger partial charge in [-0.3, -0.25) is 0 Å². The summed E-state index contributed by atoms with van der Waals surface area (Å²) in [5, 5.41) is 0. The molecule has 1 fully saturated rings. The van der Waals surface area contributed by atoms with Crippen LogP contribution < -0.4 is 5.73 Å². The lowest BCUT2D eigenvalue weighted by molar-refractivity contribution is 0.371.